The molecule has 1 aliphatic heterocycles. The predicted octanol–water partition coefficient (Wildman–Crippen LogP) is 1.14. The summed E-state index contributed by atoms with van der Waals surface area (Å²) in [5, 5.41) is 4.06. The monoisotopic (exact) mass is 342 g/mol. The number of carbonyl (C=O) groups excluding carboxylic acids is 1. The van der Waals surface area contributed by atoms with Gasteiger partial charge in [0, 0.05) is 25.7 Å². The van der Waals surface area contributed by atoms with Crippen molar-refractivity contribution in [3.8, 4) is 5.75 Å². The van der Waals surface area contributed by atoms with E-state index in [-0.39, 0.29) is 23.7 Å². The number of benzene rings is 1. The summed E-state index contributed by atoms with van der Waals surface area (Å²) in [5.41, 5.74) is -0.0120. The fourth-order valence-corrected chi connectivity index (χ4v) is 2.52. The van der Waals surface area contributed by atoms with Gasteiger partial charge in [-0.2, -0.15) is 5.10 Å². The Morgan fingerprint density at radius 1 is 1.21 bits per heavy atom. The molecule has 0 fully saturated rings. The third kappa shape index (κ3) is 3.12. The number of nitrogens with zero attached hydrogens (tertiary/aromatic N) is 4. The molecule has 2 heterocycles. The van der Waals surface area contributed by atoms with Gasteiger partial charge >= 0.3 is 12.1 Å². The van der Waals surface area contributed by atoms with Gasteiger partial charge in [-0.3, -0.25) is 9.36 Å². The number of hydrogen-bond donors (Lipinski definition) is 0. The van der Waals surface area contributed by atoms with E-state index >= 15 is 0 Å². The summed E-state index contributed by atoms with van der Waals surface area (Å²) >= 11 is 0. The van der Waals surface area contributed by atoms with Crippen molar-refractivity contribution >= 4 is 5.91 Å². The molecule has 0 saturated heterocycles. The second-order valence-corrected chi connectivity index (χ2v) is 5.27. The van der Waals surface area contributed by atoms with Crippen LogP contribution in [0.25, 0.3) is 0 Å². The molecule has 2 aromatic rings. The molecule has 128 valence electrons. The van der Waals surface area contributed by atoms with Crippen LogP contribution in [-0.4, -0.2) is 38.1 Å². The third-order valence-electron chi connectivity index (χ3n) is 3.63. The molecule has 1 amide bonds. The van der Waals surface area contributed by atoms with Crippen LogP contribution in [-0.2, 0) is 20.1 Å². The number of ether oxygens (including phenoxy) is 1. The van der Waals surface area contributed by atoms with Gasteiger partial charge < -0.3 is 9.64 Å². The first-order valence-electron chi connectivity index (χ1n) is 7.02. The molecule has 10 heteroatoms. The summed E-state index contributed by atoms with van der Waals surface area (Å²) in [5.74, 6) is -0.270. The zero-order chi connectivity index (χ0) is 17.5. The highest BCUT2D eigenvalue weighted by molar-refractivity contribution is 5.94. The van der Waals surface area contributed by atoms with Crippen molar-refractivity contribution in [3.63, 3.8) is 0 Å². The standard InChI is InChI=1S/C14H13F3N4O3/c1-19-13(23)21-7-6-20(8-11(21)18-19)12(22)9-2-4-10(5-3-9)24-14(15,16)17/h2-5H,6-8H2,1H3. The minimum atomic E-state index is -4.78. The van der Waals surface area contributed by atoms with Crippen molar-refractivity contribution in [3.05, 3.63) is 46.1 Å². The second-order valence-electron chi connectivity index (χ2n) is 5.27. The fraction of sp³-hybridized carbons (Fsp3) is 0.357. The summed E-state index contributed by atoms with van der Waals surface area (Å²) in [6.07, 6.45) is -4.78. The SMILES string of the molecule is Cn1nc2n(c1=O)CCN(C(=O)c1ccc(OC(F)(F)F)cc1)C2. The Kier molecular flexibility index (Phi) is 3.82. The summed E-state index contributed by atoms with van der Waals surface area (Å²) in [4.78, 5) is 25.7. The molecule has 1 aromatic carbocycles. The van der Waals surface area contributed by atoms with Gasteiger partial charge in [0.2, 0.25) is 0 Å². The van der Waals surface area contributed by atoms with E-state index in [1.807, 2.05) is 0 Å². The first kappa shape index (κ1) is 16.1. The average Bonchev–Trinajstić information content (AvgIpc) is 2.80. The maximum absolute atomic E-state index is 12.4. The number of aromatic nitrogens is 3. The minimum Gasteiger partial charge on any atom is -0.406 e. The Hall–Kier alpha value is -2.78. The lowest BCUT2D eigenvalue weighted by atomic mass is 10.2. The van der Waals surface area contributed by atoms with Gasteiger partial charge in [-0.05, 0) is 24.3 Å². The van der Waals surface area contributed by atoms with Crippen LogP contribution in [0.3, 0.4) is 0 Å². The number of fused-ring (bicyclic) bond motifs is 1. The summed E-state index contributed by atoms with van der Waals surface area (Å²) in [6, 6.07) is 4.70. The molecule has 0 N–H and O–H groups in total. The number of amides is 1. The van der Waals surface area contributed by atoms with E-state index in [9.17, 15) is 22.8 Å². The molecule has 7 nitrogen and oxygen atoms in total. The van der Waals surface area contributed by atoms with E-state index in [0.29, 0.717) is 18.9 Å². The number of hydrogen-bond acceptors (Lipinski definition) is 4. The highest BCUT2D eigenvalue weighted by Crippen LogP contribution is 2.23. The Bertz CT molecular complexity index is 823. The van der Waals surface area contributed by atoms with Crippen LogP contribution in [0.15, 0.2) is 29.1 Å². The minimum absolute atomic E-state index is 0.162. The second kappa shape index (κ2) is 5.69. The molecule has 0 unspecified atom stereocenters. The van der Waals surface area contributed by atoms with Crippen LogP contribution in [0.5, 0.6) is 5.75 Å². The number of alkyl halides is 3. The van der Waals surface area contributed by atoms with E-state index in [1.165, 1.54) is 33.3 Å². The normalized spacial score (nSPS) is 14.4. The molecule has 0 bridgehead atoms. The van der Waals surface area contributed by atoms with Crippen molar-refractivity contribution in [1.29, 1.82) is 0 Å². The highest BCUT2D eigenvalue weighted by Gasteiger charge is 2.31. The molecule has 0 aliphatic carbocycles. The number of carbonyl (C=O) groups is 1. The topological polar surface area (TPSA) is 69.4 Å². The molecule has 1 aliphatic rings. The van der Waals surface area contributed by atoms with E-state index in [4.69, 9.17) is 0 Å². The van der Waals surface area contributed by atoms with Crippen LogP contribution in [0, 0.1) is 0 Å². The third-order valence-corrected chi connectivity index (χ3v) is 3.63. The first-order chi connectivity index (χ1) is 11.2. The molecule has 0 radical (unpaired) electrons. The lowest BCUT2D eigenvalue weighted by Gasteiger charge is -2.26. The van der Waals surface area contributed by atoms with Gasteiger partial charge in [0.1, 0.15) is 5.75 Å². The van der Waals surface area contributed by atoms with Crippen molar-refractivity contribution in [2.24, 2.45) is 7.05 Å². The van der Waals surface area contributed by atoms with Crippen LogP contribution >= 0.6 is 0 Å². The molecule has 0 spiro atoms. The lowest BCUT2D eigenvalue weighted by molar-refractivity contribution is -0.274. The number of rotatable bonds is 2. The molecule has 1 aromatic heterocycles. The van der Waals surface area contributed by atoms with Gasteiger partial charge in [-0.25, -0.2) is 9.48 Å². The van der Waals surface area contributed by atoms with Crippen molar-refractivity contribution in [1.82, 2.24) is 19.2 Å². The Labute approximate surface area is 133 Å². The van der Waals surface area contributed by atoms with Gasteiger partial charge in [0.05, 0.1) is 6.54 Å². The maximum atomic E-state index is 12.4. The fourth-order valence-electron chi connectivity index (χ4n) is 2.52. The molecular weight excluding hydrogens is 329 g/mol. The van der Waals surface area contributed by atoms with Gasteiger partial charge in [0.25, 0.3) is 5.91 Å². The quantitative estimate of drug-likeness (QED) is 0.821. The van der Waals surface area contributed by atoms with Crippen molar-refractivity contribution in [2.45, 2.75) is 19.5 Å². The van der Waals surface area contributed by atoms with Crippen LogP contribution in [0.1, 0.15) is 16.2 Å². The van der Waals surface area contributed by atoms with Gasteiger partial charge in [-0.15, -0.1) is 13.2 Å². The molecule has 0 saturated carbocycles. The molecule has 3 rings (SSSR count). The van der Waals surface area contributed by atoms with Crippen molar-refractivity contribution < 1.29 is 22.7 Å². The van der Waals surface area contributed by atoms with Crippen LogP contribution < -0.4 is 10.4 Å². The predicted molar refractivity (Wildman–Crippen MR) is 75.3 cm³/mol. The Balaban J connectivity index is 1.74. The maximum Gasteiger partial charge on any atom is 0.573 e. The largest absolute Gasteiger partial charge is 0.573 e. The van der Waals surface area contributed by atoms with Gasteiger partial charge in [-0.1, -0.05) is 0 Å². The summed E-state index contributed by atoms with van der Waals surface area (Å²) in [7, 11) is 1.53. The van der Waals surface area contributed by atoms with Crippen molar-refractivity contribution in [2.75, 3.05) is 6.54 Å². The van der Waals surface area contributed by atoms with Crippen LogP contribution in [0.4, 0.5) is 13.2 Å². The number of aryl methyl sites for hydroxylation is 1. The Morgan fingerprint density at radius 3 is 2.50 bits per heavy atom. The summed E-state index contributed by atoms with van der Waals surface area (Å²) < 4.78 is 42.9. The smallest absolute Gasteiger partial charge is 0.406 e. The van der Waals surface area contributed by atoms with E-state index < -0.39 is 12.1 Å². The number of halogens is 3. The molecule has 24 heavy (non-hydrogen) atoms. The Morgan fingerprint density at radius 2 is 1.88 bits per heavy atom. The lowest BCUT2D eigenvalue weighted by Crippen LogP contribution is -2.40. The zero-order valence-corrected chi connectivity index (χ0v) is 12.6. The van der Waals surface area contributed by atoms with E-state index in [2.05, 4.69) is 9.84 Å². The van der Waals surface area contributed by atoms with E-state index in [0.717, 1.165) is 12.1 Å². The van der Waals surface area contributed by atoms with Crippen LogP contribution in [0.2, 0.25) is 0 Å². The molecule has 0 atom stereocenters. The summed E-state index contributed by atoms with van der Waals surface area (Å²) in [6.45, 7) is 0.803. The molecular formula is C14H13F3N4O3. The first-order valence-corrected chi connectivity index (χ1v) is 7.02. The van der Waals surface area contributed by atoms with Gasteiger partial charge in [0.15, 0.2) is 5.82 Å². The highest BCUT2D eigenvalue weighted by atomic mass is 19.4. The van der Waals surface area contributed by atoms with E-state index in [1.54, 1.807) is 0 Å². The average molecular weight is 342 g/mol. The zero-order valence-electron chi connectivity index (χ0n) is 12.6.